The molecule has 1 aromatic heterocycles. The molecule has 3 rings (SSSR count). The molecule has 1 N–H and O–H groups in total. The number of rotatable bonds is 8. The fourth-order valence-electron chi connectivity index (χ4n) is 2.84. The van der Waals surface area contributed by atoms with E-state index >= 15 is 0 Å². The molecule has 0 aliphatic rings. The summed E-state index contributed by atoms with van der Waals surface area (Å²) in [6, 6.07) is 17.1. The van der Waals surface area contributed by atoms with Crippen LogP contribution < -0.4 is 5.32 Å². The van der Waals surface area contributed by atoms with Gasteiger partial charge in [0.2, 0.25) is 15.9 Å². The summed E-state index contributed by atoms with van der Waals surface area (Å²) >= 11 is 0. The van der Waals surface area contributed by atoms with Gasteiger partial charge in [-0.3, -0.25) is 9.48 Å². The topological polar surface area (TPSA) is 108 Å². The number of aromatic nitrogens is 2. The molecule has 0 aliphatic carbocycles. The highest BCUT2D eigenvalue weighted by atomic mass is 32.2. The summed E-state index contributed by atoms with van der Waals surface area (Å²) in [5, 5.41) is 15.7. The van der Waals surface area contributed by atoms with Gasteiger partial charge in [0, 0.05) is 26.0 Å². The summed E-state index contributed by atoms with van der Waals surface area (Å²) in [5.41, 5.74) is 2.32. The molecule has 0 bridgehead atoms. The number of carbonyl (C=O) groups excluding carboxylic acids is 1. The number of hydrogen-bond acceptors (Lipinski definition) is 5. The molecule has 1 heterocycles. The van der Waals surface area contributed by atoms with E-state index < -0.39 is 15.9 Å². The third kappa shape index (κ3) is 5.31. The molecule has 30 heavy (non-hydrogen) atoms. The van der Waals surface area contributed by atoms with Crippen molar-refractivity contribution < 1.29 is 13.2 Å². The van der Waals surface area contributed by atoms with Crippen LogP contribution in [0.2, 0.25) is 0 Å². The van der Waals surface area contributed by atoms with Crippen molar-refractivity contribution in [2.45, 2.75) is 18.0 Å². The van der Waals surface area contributed by atoms with E-state index in [9.17, 15) is 13.2 Å². The number of carbonyl (C=O) groups is 1. The van der Waals surface area contributed by atoms with E-state index in [1.165, 1.54) is 31.3 Å². The monoisotopic (exact) mass is 423 g/mol. The van der Waals surface area contributed by atoms with Crippen molar-refractivity contribution in [3.05, 3.63) is 83.7 Å². The Balaban J connectivity index is 1.56. The fourth-order valence-corrected chi connectivity index (χ4v) is 3.97. The molecule has 3 aromatic rings. The molecule has 0 saturated carbocycles. The van der Waals surface area contributed by atoms with Crippen LogP contribution in [-0.2, 0) is 27.9 Å². The molecule has 2 aromatic carbocycles. The first-order valence-electron chi connectivity index (χ1n) is 9.17. The highest BCUT2D eigenvalue weighted by Gasteiger charge is 2.22. The summed E-state index contributed by atoms with van der Waals surface area (Å²) in [4.78, 5) is 12.3. The first-order chi connectivity index (χ1) is 14.4. The van der Waals surface area contributed by atoms with Crippen LogP contribution in [0.5, 0.6) is 0 Å². The predicted octanol–water partition coefficient (Wildman–Crippen LogP) is 1.74. The zero-order valence-corrected chi connectivity index (χ0v) is 17.2. The van der Waals surface area contributed by atoms with Crippen molar-refractivity contribution in [3.63, 3.8) is 0 Å². The third-order valence-corrected chi connectivity index (χ3v) is 6.26. The minimum absolute atomic E-state index is 0.0307. The Morgan fingerprint density at radius 3 is 2.57 bits per heavy atom. The van der Waals surface area contributed by atoms with Crippen molar-refractivity contribution in [2.24, 2.45) is 0 Å². The summed E-state index contributed by atoms with van der Waals surface area (Å²) in [6.07, 6.45) is 3.59. The van der Waals surface area contributed by atoms with Gasteiger partial charge in [-0.05, 0) is 41.5 Å². The molecule has 0 unspecified atom stereocenters. The zero-order valence-electron chi connectivity index (χ0n) is 16.4. The van der Waals surface area contributed by atoms with Gasteiger partial charge in [0.05, 0.1) is 29.6 Å². The largest absolute Gasteiger partial charge is 0.351 e. The van der Waals surface area contributed by atoms with Crippen molar-refractivity contribution in [2.75, 3.05) is 13.6 Å². The van der Waals surface area contributed by atoms with Crippen LogP contribution in [0.1, 0.15) is 16.7 Å². The molecule has 0 saturated heterocycles. The van der Waals surface area contributed by atoms with E-state index in [1.807, 2.05) is 42.6 Å². The minimum atomic E-state index is -3.82. The molecule has 154 valence electrons. The molecular formula is C21H21N5O3S. The molecule has 9 heteroatoms. The van der Waals surface area contributed by atoms with Crippen LogP contribution in [0.4, 0.5) is 0 Å². The van der Waals surface area contributed by atoms with E-state index in [1.54, 1.807) is 10.9 Å². The van der Waals surface area contributed by atoms with E-state index in [0.717, 1.165) is 15.4 Å². The molecule has 8 nitrogen and oxygen atoms in total. The number of nitrogens with zero attached hydrogens (tertiary/aromatic N) is 4. The Kier molecular flexibility index (Phi) is 6.61. The second-order valence-corrected chi connectivity index (χ2v) is 8.74. The van der Waals surface area contributed by atoms with Crippen molar-refractivity contribution in [3.8, 4) is 6.07 Å². The Labute approximate surface area is 175 Å². The summed E-state index contributed by atoms with van der Waals surface area (Å²) in [6.45, 7) is 0.603. The van der Waals surface area contributed by atoms with Gasteiger partial charge in [-0.1, -0.05) is 24.3 Å². The van der Waals surface area contributed by atoms with Crippen molar-refractivity contribution >= 4 is 15.9 Å². The normalized spacial score (nSPS) is 11.2. The number of benzene rings is 2. The van der Waals surface area contributed by atoms with E-state index in [-0.39, 0.29) is 18.0 Å². The molecule has 0 fully saturated rings. The van der Waals surface area contributed by atoms with Crippen LogP contribution in [-0.4, -0.2) is 42.0 Å². The Morgan fingerprint density at radius 1 is 1.17 bits per heavy atom. The van der Waals surface area contributed by atoms with E-state index in [4.69, 9.17) is 5.26 Å². The summed E-state index contributed by atoms with van der Waals surface area (Å²) in [5.74, 6) is -0.410. The Morgan fingerprint density at radius 2 is 1.90 bits per heavy atom. The van der Waals surface area contributed by atoms with Gasteiger partial charge in [-0.25, -0.2) is 8.42 Å². The van der Waals surface area contributed by atoms with Crippen LogP contribution in [0.25, 0.3) is 0 Å². The van der Waals surface area contributed by atoms with Crippen molar-refractivity contribution in [1.82, 2.24) is 19.4 Å². The molecule has 0 spiro atoms. The summed E-state index contributed by atoms with van der Waals surface area (Å²) in [7, 11) is -2.48. The van der Waals surface area contributed by atoms with Crippen LogP contribution in [0, 0.1) is 11.3 Å². The molecular weight excluding hydrogens is 402 g/mol. The molecule has 1 amide bonds. The Bertz CT molecular complexity index is 1150. The lowest BCUT2D eigenvalue weighted by Crippen LogP contribution is -2.38. The number of nitrogens with one attached hydrogen (secondary N) is 1. The first-order valence-corrected chi connectivity index (χ1v) is 10.6. The number of likely N-dealkylation sites (N-methyl/N-ethyl adjacent to an activating group) is 1. The number of nitriles is 1. The second-order valence-electron chi connectivity index (χ2n) is 6.70. The van der Waals surface area contributed by atoms with Crippen LogP contribution >= 0.6 is 0 Å². The maximum atomic E-state index is 12.6. The first kappa shape index (κ1) is 21.2. The maximum absolute atomic E-state index is 12.6. The van der Waals surface area contributed by atoms with Gasteiger partial charge in [0.25, 0.3) is 0 Å². The zero-order chi connectivity index (χ0) is 21.6. The van der Waals surface area contributed by atoms with Gasteiger partial charge in [0.15, 0.2) is 0 Å². The van der Waals surface area contributed by atoms with Gasteiger partial charge in [-0.2, -0.15) is 14.7 Å². The number of amides is 1. The smallest absolute Gasteiger partial charge is 0.243 e. The molecule has 0 aliphatic heterocycles. The molecule has 0 radical (unpaired) electrons. The lowest BCUT2D eigenvalue weighted by atomic mass is 10.1. The van der Waals surface area contributed by atoms with Crippen molar-refractivity contribution in [1.29, 1.82) is 5.26 Å². The maximum Gasteiger partial charge on any atom is 0.243 e. The third-order valence-electron chi connectivity index (χ3n) is 4.44. The standard InChI is InChI=1S/C21H21N5O3S/c1-25(30(28,29)20-8-6-17(13-22)7-9-20)16-21(27)23-14-18-4-2-5-19(12-18)15-26-11-3-10-24-26/h2-12H,14-16H2,1H3,(H,23,27). The second kappa shape index (κ2) is 9.35. The Hall–Kier alpha value is -3.48. The number of hydrogen-bond donors (Lipinski definition) is 1. The highest BCUT2D eigenvalue weighted by molar-refractivity contribution is 7.89. The predicted molar refractivity (Wildman–Crippen MR) is 111 cm³/mol. The van der Waals surface area contributed by atoms with E-state index in [0.29, 0.717) is 12.1 Å². The average Bonchev–Trinajstić information content (AvgIpc) is 3.25. The average molecular weight is 423 g/mol. The minimum Gasteiger partial charge on any atom is -0.351 e. The van der Waals surface area contributed by atoms with E-state index in [2.05, 4.69) is 10.4 Å². The van der Waals surface area contributed by atoms with Crippen LogP contribution in [0.15, 0.2) is 71.9 Å². The van der Waals surface area contributed by atoms with Gasteiger partial charge >= 0.3 is 0 Å². The quantitative estimate of drug-likeness (QED) is 0.594. The van der Waals surface area contributed by atoms with Crippen LogP contribution in [0.3, 0.4) is 0 Å². The van der Waals surface area contributed by atoms with Gasteiger partial charge < -0.3 is 5.32 Å². The molecule has 0 atom stereocenters. The SMILES string of the molecule is CN(CC(=O)NCc1cccc(Cn2cccn2)c1)S(=O)(=O)c1ccc(C#N)cc1. The highest BCUT2D eigenvalue weighted by Crippen LogP contribution is 2.15. The fraction of sp³-hybridized carbons (Fsp3) is 0.190. The van der Waals surface area contributed by atoms with Gasteiger partial charge in [0.1, 0.15) is 0 Å². The lowest BCUT2D eigenvalue weighted by Gasteiger charge is -2.17. The lowest BCUT2D eigenvalue weighted by molar-refractivity contribution is -0.121. The van der Waals surface area contributed by atoms with Gasteiger partial charge in [-0.15, -0.1) is 0 Å². The number of sulfonamides is 1. The summed E-state index contributed by atoms with van der Waals surface area (Å²) < 4.78 is 28.0.